The summed E-state index contributed by atoms with van der Waals surface area (Å²) in [6.45, 7) is 8.71. The summed E-state index contributed by atoms with van der Waals surface area (Å²) in [6.07, 6.45) is 3.60. The molecule has 0 saturated heterocycles. The van der Waals surface area contributed by atoms with Gasteiger partial charge in [0.05, 0.1) is 11.9 Å². The molecule has 9 heteroatoms. The number of carboxylic acid groups (broad SMARTS) is 1. The number of pyridine rings is 2. The summed E-state index contributed by atoms with van der Waals surface area (Å²) in [5.41, 5.74) is 1.48. The van der Waals surface area contributed by atoms with E-state index in [9.17, 15) is 19.1 Å². The van der Waals surface area contributed by atoms with E-state index in [0.717, 1.165) is 12.0 Å². The van der Waals surface area contributed by atoms with Crippen LogP contribution in [0.1, 0.15) is 62.5 Å². The molecule has 1 aliphatic carbocycles. The molecule has 1 aliphatic rings. The molecule has 1 unspecified atom stereocenters. The van der Waals surface area contributed by atoms with Crippen LogP contribution in [0.4, 0.5) is 14.9 Å². The molecule has 0 bridgehead atoms. The maximum absolute atomic E-state index is 13.5. The first-order valence-electron chi connectivity index (χ1n) is 10.5. The van der Waals surface area contributed by atoms with Crippen LogP contribution in [0.15, 0.2) is 35.2 Å². The smallest absolute Gasteiger partial charge is 0.404 e. The second kappa shape index (κ2) is 9.52. The van der Waals surface area contributed by atoms with Crippen molar-refractivity contribution in [3.05, 3.63) is 52.3 Å². The van der Waals surface area contributed by atoms with Gasteiger partial charge in [-0.25, -0.2) is 14.2 Å². The van der Waals surface area contributed by atoms with E-state index >= 15 is 0 Å². The highest BCUT2D eigenvalue weighted by Crippen LogP contribution is 2.51. The lowest BCUT2D eigenvalue weighted by Gasteiger charge is -2.47. The van der Waals surface area contributed by atoms with Crippen molar-refractivity contribution in [1.82, 2.24) is 15.3 Å². The first kappa shape index (κ1) is 24.1. The summed E-state index contributed by atoms with van der Waals surface area (Å²) in [5, 5.41) is 14.8. The topological polar surface area (TPSA) is 104 Å². The van der Waals surface area contributed by atoms with Gasteiger partial charge in [-0.2, -0.15) is 0 Å². The molecule has 0 radical (unpaired) electrons. The number of halogens is 2. The molecule has 4 atom stereocenters. The molecule has 7 nitrogen and oxygen atoms in total. The summed E-state index contributed by atoms with van der Waals surface area (Å²) in [7, 11) is 0. The van der Waals surface area contributed by atoms with Gasteiger partial charge in [0.15, 0.2) is 5.82 Å². The van der Waals surface area contributed by atoms with Gasteiger partial charge in [-0.3, -0.25) is 9.78 Å². The molecule has 0 aromatic carbocycles. The van der Waals surface area contributed by atoms with Crippen molar-refractivity contribution < 1.29 is 19.1 Å². The highest BCUT2D eigenvalue weighted by atomic mass is 79.9. The zero-order valence-electron chi connectivity index (χ0n) is 18.5. The molecule has 2 amide bonds. The molecule has 32 heavy (non-hydrogen) atoms. The van der Waals surface area contributed by atoms with Gasteiger partial charge in [-0.15, -0.1) is 0 Å². The van der Waals surface area contributed by atoms with Gasteiger partial charge in [-0.1, -0.05) is 27.7 Å². The molecule has 3 rings (SSSR count). The predicted octanol–water partition coefficient (Wildman–Crippen LogP) is 5.44. The molecular formula is C23H28BrFN4O3. The van der Waals surface area contributed by atoms with E-state index < -0.39 is 17.8 Å². The molecule has 2 aromatic rings. The Hall–Kier alpha value is -2.55. The normalized spacial score (nSPS) is 23.4. The first-order chi connectivity index (χ1) is 15.0. The number of rotatable bonds is 4. The maximum atomic E-state index is 13.5. The summed E-state index contributed by atoms with van der Waals surface area (Å²) < 4.78 is 13.5. The Morgan fingerprint density at radius 1 is 1.22 bits per heavy atom. The largest absolute Gasteiger partial charge is 0.465 e. The predicted molar refractivity (Wildman–Crippen MR) is 123 cm³/mol. The lowest BCUT2D eigenvalue weighted by Crippen LogP contribution is -2.46. The van der Waals surface area contributed by atoms with Gasteiger partial charge in [0.25, 0.3) is 5.91 Å². The van der Waals surface area contributed by atoms with Crippen LogP contribution in [0.25, 0.3) is 0 Å². The highest BCUT2D eigenvalue weighted by Gasteiger charge is 2.43. The van der Waals surface area contributed by atoms with E-state index in [1.54, 1.807) is 12.4 Å². The average Bonchev–Trinajstić information content (AvgIpc) is 2.68. The number of anilines is 1. The Bertz CT molecular complexity index is 1010. The van der Waals surface area contributed by atoms with Gasteiger partial charge in [-0.05, 0) is 75.7 Å². The average molecular weight is 507 g/mol. The van der Waals surface area contributed by atoms with Gasteiger partial charge < -0.3 is 15.7 Å². The molecule has 2 aromatic heterocycles. The van der Waals surface area contributed by atoms with Crippen LogP contribution in [0.5, 0.6) is 0 Å². The van der Waals surface area contributed by atoms with Crippen LogP contribution in [0, 0.1) is 23.1 Å². The molecule has 0 aliphatic heterocycles. The second-order valence-electron chi connectivity index (χ2n) is 9.48. The van der Waals surface area contributed by atoms with Crippen molar-refractivity contribution in [2.24, 2.45) is 17.3 Å². The fourth-order valence-electron chi connectivity index (χ4n) is 5.17. The van der Waals surface area contributed by atoms with Crippen molar-refractivity contribution in [3.8, 4) is 0 Å². The Balaban J connectivity index is 1.96. The van der Waals surface area contributed by atoms with E-state index in [2.05, 4.69) is 64.2 Å². The maximum Gasteiger partial charge on any atom is 0.404 e. The van der Waals surface area contributed by atoms with E-state index in [4.69, 9.17) is 0 Å². The monoisotopic (exact) mass is 506 g/mol. The number of aromatic nitrogens is 2. The number of hydrogen-bond donors (Lipinski definition) is 3. The zero-order valence-corrected chi connectivity index (χ0v) is 20.1. The quantitative estimate of drug-likeness (QED) is 0.478. The van der Waals surface area contributed by atoms with Gasteiger partial charge in [0.2, 0.25) is 0 Å². The number of nitrogens with zero attached hydrogens (tertiary/aromatic N) is 2. The van der Waals surface area contributed by atoms with Gasteiger partial charge >= 0.3 is 6.09 Å². The van der Waals surface area contributed by atoms with Crippen LogP contribution in [0.2, 0.25) is 0 Å². The highest BCUT2D eigenvalue weighted by molar-refractivity contribution is 9.10. The molecule has 3 N–H and O–H groups in total. The minimum Gasteiger partial charge on any atom is -0.465 e. The number of carbonyl (C=O) groups excluding carboxylic acids is 1. The van der Waals surface area contributed by atoms with Crippen molar-refractivity contribution in [3.63, 3.8) is 0 Å². The number of amides is 2. The van der Waals surface area contributed by atoms with Crippen molar-refractivity contribution >= 4 is 33.6 Å². The van der Waals surface area contributed by atoms with E-state index in [0.29, 0.717) is 12.1 Å². The number of hydrogen-bond acceptors (Lipinski definition) is 4. The Kier molecular flexibility index (Phi) is 7.17. The van der Waals surface area contributed by atoms with Crippen LogP contribution < -0.4 is 10.6 Å². The Morgan fingerprint density at radius 2 is 1.94 bits per heavy atom. The molecular weight excluding hydrogens is 479 g/mol. The van der Waals surface area contributed by atoms with Gasteiger partial charge in [0.1, 0.15) is 10.3 Å². The van der Waals surface area contributed by atoms with Crippen molar-refractivity contribution in [2.45, 2.75) is 52.5 Å². The number of nitrogens with one attached hydrogen (secondary N) is 2. The number of carbonyl (C=O) groups is 2. The standard InChI is InChI=1S/C23H28BrFN4O3/c1-12-9-13(27-22(31)32)10-15(19(12)23(2,3)4)14-7-8-26-11-18(14)29-21(30)17-6-5-16(25)20(24)28-17/h5-8,11-13,15,19,27H,9-10H2,1-4H3,(H,29,30)(H,31,32)/t12-,13+,15-,19?/m1/s1. The Labute approximate surface area is 195 Å². The third kappa shape index (κ3) is 5.43. The summed E-state index contributed by atoms with van der Waals surface area (Å²) in [5.74, 6) is -0.509. The zero-order chi connectivity index (χ0) is 23.6. The fourth-order valence-corrected chi connectivity index (χ4v) is 5.50. The van der Waals surface area contributed by atoms with Crippen LogP contribution in [-0.4, -0.2) is 33.1 Å². The molecule has 172 valence electrons. The van der Waals surface area contributed by atoms with Crippen molar-refractivity contribution in [1.29, 1.82) is 0 Å². The fraction of sp³-hybridized carbons (Fsp3) is 0.478. The summed E-state index contributed by atoms with van der Waals surface area (Å²) in [4.78, 5) is 32.3. The molecule has 0 spiro atoms. The van der Waals surface area contributed by atoms with Gasteiger partial charge in [0, 0.05) is 12.2 Å². The van der Waals surface area contributed by atoms with Crippen LogP contribution >= 0.6 is 15.9 Å². The molecule has 1 saturated carbocycles. The summed E-state index contributed by atoms with van der Waals surface area (Å²) >= 11 is 3.01. The molecule has 1 fully saturated rings. The lowest BCUT2D eigenvalue weighted by molar-refractivity contribution is 0.0760. The SMILES string of the molecule is C[C@@H]1C[C@H](NC(=O)O)C[C@H](c2ccncc2NC(=O)c2ccc(F)c(Br)n2)C1C(C)(C)C. The summed E-state index contributed by atoms with van der Waals surface area (Å²) in [6, 6.07) is 4.19. The first-order valence-corrected chi connectivity index (χ1v) is 11.3. The molecule has 2 heterocycles. The van der Waals surface area contributed by atoms with E-state index in [1.165, 1.54) is 12.1 Å². The van der Waals surface area contributed by atoms with Crippen LogP contribution in [-0.2, 0) is 0 Å². The third-order valence-corrected chi connectivity index (χ3v) is 6.66. The third-order valence-electron chi connectivity index (χ3n) is 6.11. The second-order valence-corrected chi connectivity index (χ2v) is 10.2. The van der Waals surface area contributed by atoms with E-state index in [1.807, 2.05) is 6.07 Å². The Morgan fingerprint density at radius 3 is 2.56 bits per heavy atom. The lowest BCUT2D eigenvalue weighted by atomic mass is 9.59. The van der Waals surface area contributed by atoms with Crippen molar-refractivity contribution in [2.75, 3.05) is 5.32 Å². The van der Waals surface area contributed by atoms with E-state index in [-0.39, 0.29) is 39.5 Å². The minimum absolute atomic E-state index is 0.00168. The minimum atomic E-state index is -1.04. The van der Waals surface area contributed by atoms with Crippen LogP contribution in [0.3, 0.4) is 0 Å².